The Labute approximate surface area is 134 Å². The number of nitrogens with one attached hydrogen (secondary N) is 1. The molecule has 1 N–H and O–H groups in total. The van der Waals surface area contributed by atoms with Crippen molar-refractivity contribution in [3.8, 4) is 0 Å². The first-order valence-corrected chi connectivity index (χ1v) is 7.56. The van der Waals surface area contributed by atoms with Crippen LogP contribution in [0.25, 0.3) is 0 Å². The van der Waals surface area contributed by atoms with Crippen LogP contribution in [-0.2, 0) is 17.6 Å². The standard InChI is InChI=1S/C16H17Cl2NO2/c1-11(7-8-12-4-3-9-21-12)19-16(20)10-13-14(17)5-2-6-15(13)18/h2-6,9,11H,7-8,10H2,1H3,(H,19,20)/t11-/m1/s1. The fourth-order valence-electron chi connectivity index (χ4n) is 2.07. The van der Waals surface area contributed by atoms with Gasteiger partial charge in [-0.25, -0.2) is 0 Å². The van der Waals surface area contributed by atoms with Crippen LogP contribution in [0.2, 0.25) is 10.0 Å². The second-order valence-corrected chi connectivity index (χ2v) is 5.78. The predicted molar refractivity (Wildman–Crippen MR) is 84.8 cm³/mol. The molecule has 3 nitrogen and oxygen atoms in total. The first-order chi connectivity index (χ1) is 10.1. The zero-order valence-electron chi connectivity index (χ0n) is 11.7. The number of carbonyl (C=O) groups excluding carboxylic acids is 1. The summed E-state index contributed by atoms with van der Waals surface area (Å²) in [6, 6.07) is 9.07. The molecule has 0 spiro atoms. The minimum atomic E-state index is -0.0862. The summed E-state index contributed by atoms with van der Waals surface area (Å²) in [6.07, 6.45) is 3.44. The van der Waals surface area contributed by atoms with Crippen LogP contribution in [-0.4, -0.2) is 11.9 Å². The third-order valence-corrected chi connectivity index (χ3v) is 3.92. The summed E-state index contributed by atoms with van der Waals surface area (Å²) < 4.78 is 5.27. The SMILES string of the molecule is C[C@H](CCc1ccco1)NC(=O)Cc1c(Cl)cccc1Cl. The van der Waals surface area contributed by atoms with Gasteiger partial charge in [-0.2, -0.15) is 0 Å². The molecule has 0 aliphatic heterocycles. The Balaban J connectivity index is 1.83. The number of carbonyl (C=O) groups is 1. The number of furan rings is 1. The van der Waals surface area contributed by atoms with Gasteiger partial charge in [0.05, 0.1) is 12.7 Å². The van der Waals surface area contributed by atoms with Crippen molar-refractivity contribution in [3.05, 3.63) is 58.0 Å². The Bertz CT molecular complexity index is 576. The van der Waals surface area contributed by atoms with E-state index in [0.717, 1.165) is 18.6 Å². The van der Waals surface area contributed by atoms with Crippen molar-refractivity contribution in [2.45, 2.75) is 32.2 Å². The van der Waals surface area contributed by atoms with E-state index in [0.29, 0.717) is 15.6 Å². The minimum Gasteiger partial charge on any atom is -0.469 e. The van der Waals surface area contributed by atoms with Gasteiger partial charge in [-0.05, 0) is 43.2 Å². The maximum Gasteiger partial charge on any atom is 0.224 e. The van der Waals surface area contributed by atoms with E-state index < -0.39 is 0 Å². The van der Waals surface area contributed by atoms with E-state index in [-0.39, 0.29) is 18.4 Å². The van der Waals surface area contributed by atoms with Gasteiger partial charge in [0.2, 0.25) is 5.91 Å². The minimum absolute atomic E-state index is 0.0591. The summed E-state index contributed by atoms with van der Waals surface area (Å²) in [6.45, 7) is 1.97. The molecule has 1 heterocycles. The van der Waals surface area contributed by atoms with Crippen LogP contribution in [0.3, 0.4) is 0 Å². The molecular formula is C16H17Cl2NO2. The van der Waals surface area contributed by atoms with Gasteiger partial charge in [0, 0.05) is 22.5 Å². The van der Waals surface area contributed by atoms with Gasteiger partial charge in [0.25, 0.3) is 0 Å². The van der Waals surface area contributed by atoms with E-state index in [1.54, 1.807) is 24.5 Å². The Morgan fingerprint density at radius 3 is 2.57 bits per heavy atom. The lowest BCUT2D eigenvalue weighted by molar-refractivity contribution is -0.121. The fraction of sp³-hybridized carbons (Fsp3) is 0.312. The normalized spacial score (nSPS) is 12.1. The molecule has 0 bridgehead atoms. The molecule has 0 aliphatic carbocycles. The quantitative estimate of drug-likeness (QED) is 0.861. The van der Waals surface area contributed by atoms with E-state index in [9.17, 15) is 4.79 Å². The molecule has 21 heavy (non-hydrogen) atoms. The first-order valence-electron chi connectivity index (χ1n) is 6.81. The molecule has 1 aromatic heterocycles. The van der Waals surface area contributed by atoms with Crippen molar-refractivity contribution in [1.82, 2.24) is 5.32 Å². The summed E-state index contributed by atoms with van der Waals surface area (Å²) in [5.74, 6) is 0.835. The average molecular weight is 326 g/mol. The number of hydrogen-bond donors (Lipinski definition) is 1. The highest BCUT2D eigenvalue weighted by Crippen LogP contribution is 2.24. The molecule has 0 saturated heterocycles. The molecule has 0 radical (unpaired) electrons. The van der Waals surface area contributed by atoms with Gasteiger partial charge in [0.1, 0.15) is 5.76 Å². The van der Waals surface area contributed by atoms with Crippen molar-refractivity contribution in [3.63, 3.8) is 0 Å². The average Bonchev–Trinajstić information content (AvgIpc) is 2.94. The molecule has 1 aromatic carbocycles. The first kappa shape index (κ1) is 15.9. The largest absolute Gasteiger partial charge is 0.469 e. The monoisotopic (exact) mass is 325 g/mol. The predicted octanol–water partition coefficient (Wildman–Crippen LogP) is 4.27. The maximum atomic E-state index is 12.0. The van der Waals surface area contributed by atoms with Crippen LogP contribution in [0.1, 0.15) is 24.7 Å². The van der Waals surface area contributed by atoms with Gasteiger partial charge >= 0.3 is 0 Å². The molecule has 1 atom stereocenters. The molecule has 0 aliphatic rings. The third kappa shape index (κ3) is 4.80. The lowest BCUT2D eigenvalue weighted by Crippen LogP contribution is -2.34. The number of amides is 1. The zero-order chi connectivity index (χ0) is 15.2. The van der Waals surface area contributed by atoms with Crippen molar-refractivity contribution in [2.75, 3.05) is 0 Å². The molecule has 0 saturated carbocycles. The van der Waals surface area contributed by atoms with Crippen molar-refractivity contribution < 1.29 is 9.21 Å². The van der Waals surface area contributed by atoms with E-state index in [1.165, 1.54) is 0 Å². The van der Waals surface area contributed by atoms with Gasteiger partial charge in [-0.15, -0.1) is 0 Å². The second kappa shape index (κ2) is 7.53. The van der Waals surface area contributed by atoms with Crippen LogP contribution in [0.5, 0.6) is 0 Å². The molecule has 112 valence electrons. The lowest BCUT2D eigenvalue weighted by Gasteiger charge is -2.14. The zero-order valence-corrected chi connectivity index (χ0v) is 13.2. The highest BCUT2D eigenvalue weighted by atomic mass is 35.5. The van der Waals surface area contributed by atoms with Crippen molar-refractivity contribution in [1.29, 1.82) is 0 Å². The van der Waals surface area contributed by atoms with Crippen LogP contribution < -0.4 is 5.32 Å². The fourth-order valence-corrected chi connectivity index (χ4v) is 2.60. The van der Waals surface area contributed by atoms with E-state index in [1.807, 2.05) is 19.1 Å². The van der Waals surface area contributed by atoms with Crippen LogP contribution in [0.4, 0.5) is 0 Å². The maximum absolute atomic E-state index is 12.0. The van der Waals surface area contributed by atoms with Gasteiger partial charge < -0.3 is 9.73 Å². The third-order valence-electron chi connectivity index (χ3n) is 3.21. The van der Waals surface area contributed by atoms with Gasteiger partial charge in [0.15, 0.2) is 0 Å². The van der Waals surface area contributed by atoms with Crippen LogP contribution in [0, 0.1) is 0 Å². The molecule has 1 amide bonds. The van der Waals surface area contributed by atoms with Crippen molar-refractivity contribution in [2.24, 2.45) is 0 Å². The van der Waals surface area contributed by atoms with E-state index in [2.05, 4.69) is 5.32 Å². The molecule has 2 aromatic rings. The lowest BCUT2D eigenvalue weighted by atomic mass is 10.1. The number of rotatable bonds is 6. The summed E-state index contributed by atoms with van der Waals surface area (Å²) in [5.41, 5.74) is 0.663. The Morgan fingerprint density at radius 2 is 1.95 bits per heavy atom. The summed E-state index contributed by atoms with van der Waals surface area (Å²) in [5, 5.41) is 3.98. The molecule has 0 fully saturated rings. The summed E-state index contributed by atoms with van der Waals surface area (Å²) in [4.78, 5) is 12.0. The van der Waals surface area contributed by atoms with Gasteiger partial charge in [-0.1, -0.05) is 29.3 Å². The van der Waals surface area contributed by atoms with Crippen LogP contribution >= 0.6 is 23.2 Å². The molecule has 0 unspecified atom stereocenters. The molecule has 2 rings (SSSR count). The second-order valence-electron chi connectivity index (χ2n) is 4.96. The van der Waals surface area contributed by atoms with Crippen molar-refractivity contribution >= 4 is 29.1 Å². The topological polar surface area (TPSA) is 42.2 Å². The van der Waals surface area contributed by atoms with Gasteiger partial charge in [-0.3, -0.25) is 4.79 Å². The number of aryl methyl sites for hydroxylation is 1. The highest BCUT2D eigenvalue weighted by Gasteiger charge is 2.13. The smallest absolute Gasteiger partial charge is 0.224 e. The molecular weight excluding hydrogens is 309 g/mol. The number of benzene rings is 1. The summed E-state index contributed by atoms with van der Waals surface area (Å²) in [7, 11) is 0. The summed E-state index contributed by atoms with van der Waals surface area (Å²) >= 11 is 12.1. The number of hydrogen-bond acceptors (Lipinski definition) is 2. The molecule has 5 heteroatoms. The Morgan fingerprint density at radius 1 is 1.24 bits per heavy atom. The van der Waals surface area contributed by atoms with Crippen LogP contribution in [0.15, 0.2) is 41.0 Å². The van der Waals surface area contributed by atoms with E-state index >= 15 is 0 Å². The number of halogens is 2. The Kier molecular flexibility index (Phi) is 5.71. The highest BCUT2D eigenvalue weighted by molar-refractivity contribution is 6.36. The van der Waals surface area contributed by atoms with E-state index in [4.69, 9.17) is 27.6 Å². The Hall–Kier alpha value is -1.45.